The minimum Gasteiger partial charge on any atom is -0.247 e. The average molecular weight is 659 g/mol. The van der Waals surface area contributed by atoms with E-state index in [0.717, 1.165) is 44.0 Å². The van der Waals surface area contributed by atoms with E-state index >= 15 is 0 Å². The molecule has 11 rings (SSSR count). The minimum atomic E-state index is 1.00. The zero-order valence-electron chi connectivity index (χ0n) is 28.2. The Hall–Kier alpha value is -6.90. The van der Waals surface area contributed by atoms with Gasteiger partial charge in [-0.2, -0.15) is 0 Å². The molecule has 0 aliphatic carbocycles. The lowest BCUT2D eigenvalue weighted by Crippen LogP contribution is -1.94. The molecular weight excluding hydrogens is 629 g/mol. The molecule has 0 saturated heterocycles. The van der Waals surface area contributed by atoms with Crippen LogP contribution < -0.4 is 0 Å². The van der Waals surface area contributed by atoms with E-state index in [1.54, 1.807) is 0 Å². The molecule has 0 fully saturated rings. The van der Waals surface area contributed by atoms with E-state index in [1.807, 2.05) is 0 Å². The monoisotopic (exact) mass is 658 g/mol. The van der Waals surface area contributed by atoms with Crippen molar-refractivity contribution < 1.29 is 0 Å². The first-order valence-corrected chi connectivity index (χ1v) is 17.8. The maximum Gasteiger partial charge on any atom is 0.0794 e. The van der Waals surface area contributed by atoms with Gasteiger partial charge in [-0.3, -0.25) is 0 Å². The Balaban J connectivity index is 1.20. The number of benzene rings is 9. The number of fused-ring (bicyclic) bond motifs is 11. The fourth-order valence-electron chi connectivity index (χ4n) is 8.37. The topological polar surface area (TPSA) is 25.8 Å². The van der Waals surface area contributed by atoms with Gasteiger partial charge in [-0.15, -0.1) is 0 Å². The molecule has 0 saturated carbocycles. The van der Waals surface area contributed by atoms with Gasteiger partial charge in [-0.05, 0) is 74.1 Å². The highest BCUT2D eigenvalue weighted by Gasteiger charge is 2.19. The van der Waals surface area contributed by atoms with Crippen LogP contribution in [-0.2, 0) is 0 Å². The summed E-state index contributed by atoms with van der Waals surface area (Å²) < 4.78 is 0. The highest BCUT2D eigenvalue weighted by atomic mass is 14.7. The summed E-state index contributed by atoms with van der Waals surface area (Å²) in [5.41, 5.74) is 9.96. The van der Waals surface area contributed by atoms with Gasteiger partial charge in [-0.25, -0.2) is 9.97 Å². The van der Waals surface area contributed by atoms with Crippen molar-refractivity contribution in [2.45, 2.75) is 0 Å². The summed E-state index contributed by atoms with van der Waals surface area (Å²) >= 11 is 0. The molecule has 2 heterocycles. The van der Waals surface area contributed by atoms with E-state index in [-0.39, 0.29) is 0 Å². The molecule has 0 radical (unpaired) electrons. The molecule has 2 heteroatoms. The molecule has 11 aromatic rings. The lowest BCUT2D eigenvalue weighted by Gasteiger charge is -2.17. The van der Waals surface area contributed by atoms with Crippen LogP contribution >= 0.6 is 0 Å². The zero-order chi connectivity index (χ0) is 34.2. The van der Waals surface area contributed by atoms with Gasteiger partial charge >= 0.3 is 0 Å². The molecule has 2 aromatic heterocycles. The number of aromatic nitrogens is 2. The summed E-state index contributed by atoms with van der Waals surface area (Å²) in [6.07, 6.45) is 0. The molecule has 0 N–H and O–H groups in total. The molecule has 2 nitrogen and oxygen atoms in total. The number of nitrogens with zero attached hydrogens (tertiary/aromatic N) is 2. The Bertz CT molecular complexity index is 3230. The molecule has 0 aliphatic rings. The number of pyridine rings is 2. The van der Waals surface area contributed by atoms with Gasteiger partial charge in [0.05, 0.1) is 22.2 Å². The second kappa shape index (κ2) is 11.3. The van der Waals surface area contributed by atoms with Crippen molar-refractivity contribution in [3.8, 4) is 33.5 Å². The molecule has 9 aromatic carbocycles. The van der Waals surface area contributed by atoms with E-state index in [9.17, 15) is 0 Å². The highest BCUT2D eigenvalue weighted by Crippen LogP contribution is 2.44. The molecular formula is C50H30N2. The number of hydrogen-bond donors (Lipinski definition) is 0. The summed E-state index contributed by atoms with van der Waals surface area (Å²) in [5, 5.41) is 13.1. The van der Waals surface area contributed by atoms with Crippen LogP contribution in [-0.4, -0.2) is 9.97 Å². The van der Waals surface area contributed by atoms with Gasteiger partial charge in [0.1, 0.15) is 0 Å². The molecule has 0 spiro atoms. The summed E-state index contributed by atoms with van der Waals surface area (Å²) in [6.45, 7) is 0. The normalized spacial score (nSPS) is 11.8. The van der Waals surface area contributed by atoms with Crippen LogP contribution in [0.1, 0.15) is 0 Å². The number of rotatable bonds is 3. The van der Waals surface area contributed by atoms with Crippen LogP contribution in [0, 0.1) is 0 Å². The fourth-order valence-corrected chi connectivity index (χ4v) is 8.37. The Morgan fingerprint density at radius 2 is 0.904 bits per heavy atom. The molecule has 0 bridgehead atoms. The fraction of sp³-hybridized carbons (Fsp3) is 0. The number of para-hydroxylation sites is 1. The average Bonchev–Trinajstić information content (AvgIpc) is 3.22. The van der Waals surface area contributed by atoms with Crippen LogP contribution in [0.25, 0.3) is 109 Å². The van der Waals surface area contributed by atoms with Crippen LogP contribution in [0.2, 0.25) is 0 Å². The SMILES string of the molecule is c1ccc(-c2nc3c4ccccc4ccc3c3c2cc(-c2cccc(-c4cc5cc6ccccc6nc5c5ccccc45)c2)c2ccccc23)cc1. The van der Waals surface area contributed by atoms with Crippen molar-refractivity contribution in [2.24, 2.45) is 0 Å². The van der Waals surface area contributed by atoms with Crippen LogP contribution in [0.4, 0.5) is 0 Å². The van der Waals surface area contributed by atoms with Gasteiger partial charge in [0.15, 0.2) is 0 Å². The Kier molecular flexibility index (Phi) is 6.28. The molecule has 240 valence electrons. The van der Waals surface area contributed by atoms with Crippen LogP contribution in [0.3, 0.4) is 0 Å². The summed E-state index contributed by atoms with van der Waals surface area (Å²) in [4.78, 5) is 10.6. The molecule has 0 atom stereocenters. The van der Waals surface area contributed by atoms with E-state index in [2.05, 4.69) is 182 Å². The molecule has 0 unspecified atom stereocenters. The Labute approximate surface area is 300 Å². The first-order valence-electron chi connectivity index (χ1n) is 17.8. The van der Waals surface area contributed by atoms with Crippen molar-refractivity contribution in [3.63, 3.8) is 0 Å². The van der Waals surface area contributed by atoms with Gasteiger partial charge in [-0.1, -0.05) is 152 Å². The van der Waals surface area contributed by atoms with Gasteiger partial charge < -0.3 is 0 Å². The second-order valence-electron chi connectivity index (χ2n) is 13.7. The third-order valence-corrected chi connectivity index (χ3v) is 10.8. The molecule has 0 amide bonds. The van der Waals surface area contributed by atoms with Gasteiger partial charge in [0, 0.05) is 43.3 Å². The predicted octanol–water partition coefficient (Wildman–Crippen LogP) is 13.5. The van der Waals surface area contributed by atoms with Crippen molar-refractivity contribution in [1.29, 1.82) is 0 Å². The zero-order valence-corrected chi connectivity index (χ0v) is 28.2. The molecule has 52 heavy (non-hydrogen) atoms. The van der Waals surface area contributed by atoms with Gasteiger partial charge in [0.2, 0.25) is 0 Å². The third-order valence-electron chi connectivity index (χ3n) is 10.8. The number of hydrogen-bond acceptors (Lipinski definition) is 2. The van der Waals surface area contributed by atoms with Crippen molar-refractivity contribution in [1.82, 2.24) is 9.97 Å². The minimum absolute atomic E-state index is 1.00. The first-order chi connectivity index (χ1) is 25.8. The van der Waals surface area contributed by atoms with Crippen molar-refractivity contribution in [2.75, 3.05) is 0 Å². The summed E-state index contributed by atoms with van der Waals surface area (Å²) in [7, 11) is 0. The van der Waals surface area contributed by atoms with Gasteiger partial charge in [0.25, 0.3) is 0 Å². The van der Waals surface area contributed by atoms with E-state index in [0.29, 0.717) is 0 Å². The molecule has 0 aliphatic heterocycles. The second-order valence-corrected chi connectivity index (χ2v) is 13.7. The van der Waals surface area contributed by atoms with Crippen molar-refractivity contribution in [3.05, 3.63) is 182 Å². The summed E-state index contributed by atoms with van der Waals surface area (Å²) in [6, 6.07) is 65.7. The Morgan fingerprint density at radius 1 is 0.288 bits per heavy atom. The maximum absolute atomic E-state index is 5.49. The van der Waals surface area contributed by atoms with Crippen LogP contribution in [0.15, 0.2) is 182 Å². The highest BCUT2D eigenvalue weighted by molar-refractivity contribution is 6.28. The standard InChI is InChI=1S/C50H30N2/c1-2-14-32(15-3-1)48-45-30-44(38-20-7-9-22-40(38)47(45)42-26-25-31-13-4-6-19-37(31)50(42)52-48)34-18-12-17-33(27-34)43-29-36-28-35-16-5-11-24-46(35)51-49(36)41-23-10-8-21-39(41)43/h1-30H. The van der Waals surface area contributed by atoms with Crippen LogP contribution in [0.5, 0.6) is 0 Å². The smallest absolute Gasteiger partial charge is 0.0794 e. The summed E-state index contributed by atoms with van der Waals surface area (Å²) in [5.74, 6) is 0. The predicted molar refractivity (Wildman–Crippen MR) is 221 cm³/mol. The van der Waals surface area contributed by atoms with E-state index in [4.69, 9.17) is 9.97 Å². The lowest BCUT2D eigenvalue weighted by atomic mass is 9.88. The van der Waals surface area contributed by atoms with E-state index in [1.165, 1.54) is 65.3 Å². The Morgan fingerprint density at radius 3 is 1.71 bits per heavy atom. The first kappa shape index (κ1) is 28.9. The van der Waals surface area contributed by atoms with E-state index < -0.39 is 0 Å². The third kappa shape index (κ3) is 4.38. The van der Waals surface area contributed by atoms with Crippen molar-refractivity contribution >= 4 is 75.8 Å². The quantitative estimate of drug-likeness (QED) is 0.139. The lowest BCUT2D eigenvalue weighted by molar-refractivity contribution is 1.44. The largest absolute Gasteiger partial charge is 0.247 e. The maximum atomic E-state index is 5.49.